The lowest BCUT2D eigenvalue weighted by Gasteiger charge is -2.38. The number of aliphatic hydroxyl groups excluding tert-OH is 1. The first-order valence-corrected chi connectivity index (χ1v) is 8.39. The summed E-state index contributed by atoms with van der Waals surface area (Å²) in [7, 11) is 0. The number of carbonyl (C=O) groups is 1. The van der Waals surface area contributed by atoms with Gasteiger partial charge in [0.1, 0.15) is 0 Å². The van der Waals surface area contributed by atoms with E-state index in [1.165, 1.54) is 37.0 Å². The van der Waals surface area contributed by atoms with Gasteiger partial charge in [-0.25, -0.2) is 4.79 Å². The number of urea groups is 1. The molecule has 1 aliphatic carbocycles. The molecule has 2 aliphatic rings. The van der Waals surface area contributed by atoms with Gasteiger partial charge in [0.2, 0.25) is 0 Å². The topological polar surface area (TPSA) is 52.6 Å². The Balaban J connectivity index is 1.67. The summed E-state index contributed by atoms with van der Waals surface area (Å²) in [5.41, 5.74) is 0. The number of nitrogens with one attached hydrogen (secondary N) is 1. The molecule has 0 spiro atoms. The third-order valence-electron chi connectivity index (χ3n) is 4.40. The highest BCUT2D eigenvalue weighted by atomic mass is 32.1. The molecule has 20 heavy (non-hydrogen) atoms. The zero-order valence-electron chi connectivity index (χ0n) is 11.6. The predicted molar refractivity (Wildman–Crippen MR) is 79.7 cm³/mol. The van der Waals surface area contributed by atoms with Gasteiger partial charge in [-0.1, -0.05) is 25.3 Å². The molecule has 1 aromatic heterocycles. The molecular formula is C15H22N2O2S. The molecule has 1 saturated heterocycles. The summed E-state index contributed by atoms with van der Waals surface area (Å²) in [4.78, 5) is 15.2. The number of hydrogen-bond donors (Lipinski definition) is 2. The molecule has 1 aromatic rings. The van der Waals surface area contributed by atoms with Gasteiger partial charge < -0.3 is 15.3 Å². The van der Waals surface area contributed by atoms with E-state index >= 15 is 0 Å². The Morgan fingerprint density at radius 1 is 1.35 bits per heavy atom. The van der Waals surface area contributed by atoms with Crippen LogP contribution >= 0.6 is 11.3 Å². The zero-order valence-corrected chi connectivity index (χ0v) is 12.4. The van der Waals surface area contributed by atoms with Crippen LogP contribution in [0.4, 0.5) is 4.79 Å². The van der Waals surface area contributed by atoms with E-state index in [9.17, 15) is 9.90 Å². The minimum Gasteiger partial charge on any atom is -0.389 e. The minimum absolute atomic E-state index is 0.0285. The number of thiophene rings is 1. The van der Waals surface area contributed by atoms with Crippen LogP contribution in [-0.2, 0) is 0 Å². The van der Waals surface area contributed by atoms with Crippen molar-refractivity contribution in [3.63, 3.8) is 0 Å². The summed E-state index contributed by atoms with van der Waals surface area (Å²) in [5, 5.41) is 14.6. The number of carbonyl (C=O) groups excluding carboxylic acids is 1. The predicted octanol–water partition coefficient (Wildman–Crippen LogP) is 2.76. The summed E-state index contributed by atoms with van der Waals surface area (Å²) in [6.07, 6.45) is 5.92. The third kappa shape index (κ3) is 2.99. The summed E-state index contributed by atoms with van der Waals surface area (Å²) in [6.45, 7) is 0.932. The molecule has 110 valence electrons. The van der Waals surface area contributed by atoms with Crippen molar-refractivity contribution in [1.29, 1.82) is 0 Å². The van der Waals surface area contributed by atoms with E-state index in [0.717, 1.165) is 0 Å². The van der Waals surface area contributed by atoms with Gasteiger partial charge in [0.05, 0.1) is 25.2 Å². The molecule has 1 saturated carbocycles. The Morgan fingerprint density at radius 3 is 2.70 bits per heavy atom. The smallest absolute Gasteiger partial charge is 0.318 e. The van der Waals surface area contributed by atoms with Gasteiger partial charge in [-0.15, -0.1) is 11.3 Å². The van der Waals surface area contributed by atoms with Crippen molar-refractivity contribution in [1.82, 2.24) is 10.2 Å². The highest BCUT2D eigenvalue weighted by Gasteiger charge is 2.33. The Hall–Kier alpha value is -1.07. The molecule has 2 fully saturated rings. The van der Waals surface area contributed by atoms with Crippen molar-refractivity contribution in [2.24, 2.45) is 5.92 Å². The molecule has 2 N–H and O–H groups in total. The van der Waals surface area contributed by atoms with Crippen molar-refractivity contribution < 1.29 is 9.90 Å². The van der Waals surface area contributed by atoms with Crippen LogP contribution in [0.15, 0.2) is 17.5 Å². The number of likely N-dealkylation sites (tertiary alicyclic amines) is 1. The van der Waals surface area contributed by atoms with E-state index in [-0.39, 0.29) is 18.2 Å². The number of nitrogens with zero attached hydrogens (tertiary/aromatic N) is 1. The molecule has 0 bridgehead atoms. The second-order valence-corrected chi connectivity index (χ2v) is 6.88. The average Bonchev–Trinajstić information content (AvgIpc) is 2.96. The fourth-order valence-electron chi connectivity index (χ4n) is 3.20. The molecule has 2 heterocycles. The number of amides is 2. The van der Waals surface area contributed by atoms with Crippen LogP contribution < -0.4 is 5.32 Å². The third-order valence-corrected chi connectivity index (χ3v) is 5.35. The van der Waals surface area contributed by atoms with Crippen molar-refractivity contribution in [2.75, 3.05) is 13.1 Å². The Kier molecular flexibility index (Phi) is 4.27. The zero-order chi connectivity index (χ0) is 13.9. The Bertz CT molecular complexity index is 437. The SMILES string of the molecule is O=C(N[C@H](c1cccs1)C1CCCCC1)N1CC(O)C1. The van der Waals surface area contributed by atoms with E-state index in [0.29, 0.717) is 19.0 Å². The monoisotopic (exact) mass is 294 g/mol. The van der Waals surface area contributed by atoms with Gasteiger partial charge in [-0.2, -0.15) is 0 Å². The van der Waals surface area contributed by atoms with Crippen LogP contribution in [0.2, 0.25) is 0 Å². The van der Waals surface area contributed by atoms with Crippen LogP contribution in [0, 0.1) is 5.92 Å². The summed E-state index contributed by atoms with van der Waals surface area (Å²) < 4.78 is 0. The first-order chi connectivity index (χ1) is 9.74. The van der Waals surface area contributed by atoms with E-state index in [2.05, 4.69) is 22.8 Å². The molecule has 0 aromatic carbocycles. The van der Waals surface area contributed by atoms with Crippen LogP contribution in [-0.4, -0.2) is 35.2 Å². The Labute approximate surface area is 123 Å². The standard InChI is InChI=1S/C15H22N2O2S/c18-12-9-17(10-12)15(19)16-14(13-7-4-8-20-13)11-5-2-1-3-6-11/h4,7-8,11-12,14,18H,1-3,5-6,9-10H2,(H,16,19)/t14-/m0/s1. The molecular weight excluding hydrogens is 272 g/mol. The van der Waals surface area contributed by atoms with Gasteiger partial charge in [-0.3, -0.25) is 0 Å². The van der Waals surface area contributed by atoms with Crippen LogP contribution in [0.25, 0.3) is 0 Å². The summed E-state index contributed by atoms with van der Waals surface area (Å²) >= 11 is 1.72. The molecule has 4 nitrogen and oxygen atoms in total. The van der Waals surface area contributed by atoms with Gasteiger partial charge in [0, 0.05) is 4.88 Å². The van der Waals surface area contributed by atoms with E-state index in [1.54, 1.807) is 16.2 Å². The molecule has 0 radical (unpaired) electrons. The second kappa shape index (κ2) is 6.14. The number of rotatable bonds is 3. The largest absolute Gasteiger partial charge is 0.389 e. The lowest BCUT2D eigenvalue weighted by molar-refractivity contribution is 0.0248. The Morgan fingerprint density at radius 2 is 2.10 bits per heavy atom. The van der Waals surface area contributed by atoms with Crippen LogP contribution in [0.3, 0.4) is 0 Å². The fourth-order valence-corrected chi connectivity index (χ4v) is 4.07. The minimum atomic E-state index is -0.337. The first kappa shape index (κ1) is 13.9. The average molecular weight is 294 g/mol. The molecule has 3 rings (SSSR count). The molecule has 1 atom stereocenters. The maximum atomic E-state index is 12.2. The first-order valence-electron chi connectivity index (χ1n) is 7.51. The van der Waals surface area contributed by atoms with Crippen molar-refractivity contribution in [3.8, 4) is 0 Å². The highest BCUT2D eigenvalue weighted by Crippen LogP contribution is 2.36. The number of β-amino-alcohol motifs (C(OH)–C–C–N with tert-alkyl or cyclic N) is 1. The van der Waals surface area contributed by atoms with Crippen molar-refractivity contribution >= 4 is 17.4 Å². The highest BCUT2D eigenvalue weighted by molar-refractivity contribution is 7.10. The maximum absolute atomic E-state index is 12.2. The van der Waals surface area contributed by atoms with Crippen molar-refractivity contribution in [3.05, 3.63) is 22.4 Å². The van der Waals surface area contributed by atoms with Gasteiger partial charge in [0.15, 0.2) is 0 Å². The lowest BCUT2D eigenvalue weighted by Crippen LogP contribution is -2.57. The van der Waals surface area contributed by atoms with Gasteiger partial charge in [0.25, 0.3) is 0 Å². The summed E-state index contributed by atoms with van der Waals surface area (Å²) in [6, 6.07) is 4.28. The summed E-state index contributed by atoms with van der Waals surface area (Å²) in [5.74, 6) is 0.553. The van der Waals surface area contributed by atoms with Gasteiger partial charge in [-0.05, 0) is 30.2 Å². The molecule has 2 amide bonds. The molecule has 5 heteroatoms. The van der Waals surface area contributed by atoms with E-state index in [1.807, 2.05) is 0 Å². The van der Waals surface area contributed by atoms with E-state index < -0.39 is 0 Å². The normalized spacial score (nSPS) is 22.4. The van der Waals surface area contributed by atoms with Crippen LogP contribution in [0.1, 0.15) is 43.0 Å². The quantitative estimate of drug-likeness (QED) is 0.900. The number of aliphatic hydroxyl groups is 1. The lowest BCUT2D eigenvalue weighted by atomic mass is 9.83. The molecule has 1 aliphatic heterocycles. The maximum Gasteiger partial charge on any atom is 0.318 e. The van der Waals surface area contributed by atoms with Gasteiger partial charge >= 0.3 is 6.03 Å². The molecule has 0 unspecified atom stereocenters. The van der Waals surface area contributed by atoms with Crippen molar-refractivity contribution in [2.45, 2.75) is 44.2 Å². The second-order valence-electron chi connectivity index (χ2n) is 5.90. The number of hydrogen-bond acceptors (Lipinski definition) is 3. The fraction of sp³-hybridized carbons (Fsp3) is 0.667. The van der Waals surface area contributed by atoms with Crippen LogP contribution in [0.5, 0.6) is 0 Å². The van der Waals surface area contributed by atoms with E-state index in [4.69, 9.17) is 0 Å².